The molecule has 1 aliphatic carbocycles. The summed E-state index contributed by atoms with van der Waals surface area (Å²) < 4.78 is 14.2. The predicted molar refractivity (Wildman–Crippen MR) is 77.6 cm³/mol. The number of hydrogen-bond donors (Lipinski definition) is 2. The number of phenols is 1. The van der Waals surface area contributed by atoms with Gasteiger partial charge in [-0.15, -0.1) is 0 Å². The van der Waals surface area contributed by atoms with Crippen molar-refractivity contribution in [2.24, 2.45) is 5.92 Å². The van der Waals surface area contributed by atoms with Gasteiger partial charge >= 0.3 is 0 Å². The third kappa shape index (κ3) is 2.92. The summed E-state index contributed by atoms with van der Waals surface area (Å²) in [5, 5.41) is 13.7. The molecule has 1 atom stereocenters. The van der Waals surface area contributed by atoms with Gasteiger partial charge in [0.05, 0.1) is 5.02 Å². The molecule has 1 saturated heterocycles. The van der Waals surface area contributed by atoms with E-state index in [0.29, 0.717) is 11.5 Å². The quantitative estimate of drug-likeness (QED) is 0.897. The van der Waals surface area contributed by atoms with E-state index >= 15 is 0 Å². The monoisotopic (exact) mass is 298 g/mol. The second kappa shape index (κ2) is 5.88. The Morgan fingerprint density at radius 3 is 2.70 bits per heavy atom. The van der Waals surface area contributed by atoms with Crippen molar-refractivity contribution in [1.29, 1.82) is 0 Å². The number of nitrogens with one attached hydrogen (secondary N) is 1. The Morgan fingerprint density at radius 1 is 1.35 bits per heavy atom. The van der Waals surface area contributed by atoms with Gasteiger partial charge < -0.3 is 10.4 Å². The van der Waals surface area contributed by atoms with E-state index in [9.17, 15) is 9.50 Å². The number of rotatable bonds is 4. The van der Waals surface area contributed by atoms with E-state index in [2.05, 4.69) is 10.2 Å². The van der Waals surface area contributed by atoms with Gasteiger partial charge in [-0.3, -0.25) is 4.90 Å². The molecule has 110 valence electrons. The van der Waals surface area contributed by atoms with Gasteiger partial charge in [0.15, 0.2) is 0 Å². The molecule has 2 N–H and O–H groups in total. The lowest BCUT2D eigenvalue weighted by Gasteiger charge is -2.36. The van der Waals surface area contributed by atoms with E-state index in [1.165, 1.54) is 25.0 Å². The van der Waals surface area contributed by atoms with E-state index in [1.54, 1.807) is 0 Å². The number of piperazine rings is 1. The van der Waals surface area contributed by atoms with Gasteiger partial charge in [-0.2, -0.15) is 0 Å². The van der Waals surface area contributed by atoms with Gasteiger partial charge in [-0.1, -0.05) is 24.4 Å². The lowest BCUT2D eigenvalue weighted by atomic mass is 9.97. The van der Waals surface area contributed by atoms with Crippen molar-refractivity contribution in [3.05, 3.63) is 28.5 Å². The maximum Gasteiger partial charge on any atom is 0.141 e. The van der Waals surface area contributed by atoms with Crippen molar-refractivity contribution in [3.8, 4) is 5.75 Å². The van der Waals surface area contributed by atoms with E-state index in [4.69, 9.17) is 11.6 Å². The average Bonchev–Trinajstić information content (AvgIpc) is 3.27. The number of nitrogens with zero attached hydrogens (tertiary/aromatic N) is 1. The van der Waals surface area contributed by atoms with E-state index in [-0.39, 0.29) is 22.6 Å². The van der Waals surface area contributed by atoms with Gasteiger partial charge in [0.25, 0.3) is 0 Å². The normalized spacial score (nSPS) is 21.9. The summed E-state index contributed by atoms with van der Waals surface area (Å²) in [6, 6.07) is 2.71. The Balaban J connectivity index is 1.93. The second-order valence-corrected chi connectivity index (χ2v) is 6.18. The van der Waals surface area contributed by atoms with Crippen LogP contribution in [0.3, 0.4) is 0 Å². The highest BCUT2D eigenvalue weighted by atomic mass is 35.5. The first-order valence-corrected chi connectivity index (χ1v) is 7.66. The number of phenolic OH excluding ortho intramolecular Hbond substituents is 1. The fraction of sp³-hybridized carbons (Fsp3) is 0.600. The van der Waals surface area contributed by atoms with Crippen LogP contribution in [0.25, 0.3) is 0 Å². The molecule has 0 amide bonds. The Kier molecular flexibility index (Phi) is 4.15. The molecule has 1 aromatic rings. The minimum atomic E-state index is -0.351. The van der Waals surface area contributed by atoms with Crippen molar-refractivity contribution in [2.45, 2.75) is 25.3 Å². The largest absolute Gasteiger partial charge is 0.506 e. The summed E-state index contributed by atoms with van der Waals surface area (Å²) in [6.45, 7) is 3.57. The van der Waals surface area contributed by atoms with Crippen LogP contribution in [0.4, 0.5) is 4.39 Å². The molecule has 5 heteroatoms. The van der Waals surface area contributed by atoms with Crippen LogP contribution in [0, 0.1) is 11.7 Å². The van der Waals surface area contributed by atoms with Gasteiger partial charge in [-0.25, -0.2) is 4.39 Å². The third-order valence-electron chi connectivity index (χ3n) is 4.29. The SMILES string of the molecule is Oc1c(Cl)ccc(F)c1[C@@H](CC1CC1)N1CCNCC1. The minimum absolute atomic E-state index is 0.0664. The van der Waals surface area contributed by atoms with Crippen molar-refractivity contribution in [2.75, 3.05) is 26.2 Å². The summed E-state index contributed by atoms with van der Waals surface area (Å²) in [4.78, 5) is 2.27. The zero-order valence-corrected chi connectivity index (χ0v) is 12.2. The molecule has 0 bridgehead atoms. The van der Waals surface area contributed by atoms with Gasteiger partial charge in [0.1, 0.15) is 11.6 Å². The third-order valence-corrected chi connectivity index (χ3v) is 4.60. The highest BCUT2D eigenvalue weighted by Gasteiger charge is 2.33. The highest BCUT2D eigenvalue weighted by molar-refractivity contribution is 6.32. The Labute approximate surface area is 123 Å². The van der Waals surface area contributed by atoms with Crippen LogP contribution >= 0.6 is 11.6 Å². The van der Waals surface area contributed by atoms with Crippen LogP contribution in [0.1, 0.15) is 30.9 Å². The van der Waals surface area contributed by atoms with Crippen LogP contribution in [0.15, 0.2) is 12.1 Å². The smallest absolute Gasteiger partial charge is 0.141 e. The summed E-state index contributed by atoms with van der Waals surface area (Å²) in [5.74, 6) is 0.222. The van der Waals surface area contributed by atoms with Crippen molar-refractivity contribution in [1.82, 2.24) is 10.2 Å². The molecule has 3 rings (SSSR count). The number of hydrogen-bond acceptors (Lipinski definition) is 3. The van der Waals surface area contributed by atoms with Crippen LogP contribution < -0.4 is 5.32 Å². The van der Waals surface area contributed by atoms with Crippen LogP contribution in [-0.4, -0.2) is 36.2 Å². The molecule has 1 aliphatic heterocycles. The Morgan fingerprint density at radius 2 is 2.05 bits per heavy atom. The van der Waals surface area contributed by atoms with Gasteiger partial charge in [0.2, 0.25) is 0 Å². The summed E-state index contributed by atoms with van der Waals surface area (Å²) in [5.41, 5.74) is 0.381. The molecule has 0 unspecified atom stereocenters. The zero-order valence-electron chi connectivity index (χ0n) is 11.4. The molecular weight excluding hydrogens is 279 g/mol. The van der Waals surface area contributed by atoms with E-state index in [0.717, 1.165) is 32.6 Å². The minimum Gasteiger partial charge on any atom is -0.506 e. The fourth-order valence-corrected chi connectivity index (χ4v) is 3.15. The molecular formula is C15H20ClFN2O. The maximum absolute atomic E-state index is 14.2. The molecule has 3 nitrogen and oxygen atoms in total. The lowest BCUT2D eigenvalue weighted by molar-refractivity contribution is 0.154. The van der Waals surface area contributed by atoms with E-state index < -0.39 is 0 Å². The Bertz CT molecular complexity index is 487. The lowest BCUT2D eigenvalue weighted by Crippen LogP contribution is -2.45. The summed E-state index contributed by atoms with van der Waals surface area (Å²) in [7, 11) is 0. The maximum atomic E-state index is 14.2. The molecule has 2 fully saturated rings. The summed E-state index contributed by atoms with van der Waals surface area (Å²) in [6.07, 6.45) is 3.34. The zero-order chi connectivity index (χ0) is 14.1. The standard InChI is InChI=1S/C15H20ClFN2O/c16-11-3-4-12(17)14(15(11)20)13(9-10-1-2-10)19-7-5-18-6-8-19/h3-4,10,13,18,20H,1-2,5-9H2/t13-/m1/s1. The average molecular weight is 299 g/mol. The molecule has 0 radical (unpaired) electrons. The molecule has 20 heavy (non-hydrogen) atoms. The first-order valence-electron chi connectivity index (χ1n) is 7.28. The number of halogens is 2. The first-order chi connectivity index (χ1) is 9.66. The van der Waals surface area contributed by atoms with Crippen LogP contribution in [0.5, 0.6) is 5.75 Å². The second-order valence-electron chi connectivity index (χ2n) is 5.77. The molecule has 1 aromatic carbocycles. The molecule has 2 aliphatic rings. The fourth-order valence-electron chi connectivity index (χ4n) is 2.99. The van der Waals surface area contributed by atoms with E-state index in [1.807, 2.05) is 0 Å². The van der Waals surface area contributed by atoms with Crippen LogP contribution in [0.2, 0.25) is 5.02 Å². The molecule has 1 heterocycles. The van der Waals surface area contributed by atoms with Crippen molar-refractivity contribution < 1.29 is 9.50 Å². The first kappa shape index (κ1) is 14.1. The molecule has 0 aromatic heterocycles. The predicted octanol–water partition coefficient (Wildman–Crippen LogP) is 2.93. The summed E-state index contributed by atoms with van der Waals surface area (Å²) >= 11 is 5.97. The van der Waals surface area contributed by atoms with Gasteiger partial charge in [-0.05, 0) is 24.5 Å². The molecule has 0 spiro atoms. The van der Waals surface area contributed by atoms with Crippen molar-refractivity contribution in [3.63, 3.8) is 0 Å². The number of aromatic hydroxyl groups is 1. The highest BCUT2D eigenvalue weighted by Crippen LogP contribution is 2.44. The number of benzene rings is 1. The van der Waals surface area contributed by atoms with Crippen LogP contribution in [-0.2, 0) is 0 Å². The Hall–Kier alpha value is -0.840. The van der Waals surface area contributed by atoms with Crippen molar-refractivity contribution >= 4 is 11.6 Å². The van der Waals surface area contributed by atoms with Gasteiger partial charge in [0, 0.05) is 37.8 Å². The molecule has 1 saturated carbocycles. The topological polar surface area (TPSA) is 35.5 Å².